The Labute approximate surface area is 179 Å². The summed E-state index contributed by atoms with van der Waals surface area (Å²) >= 11 is 6.20. The molecule has 3 rings (SSSR count). The SMILES string of the molecule is CN=C(NCC1CCN(c2cc(Cl)ccc2C)C1)N1CCC(CC(=O)NC)CC1. The average Bonchev–Trinajstić information content (AvgIpc) is 3.20. The lowest BCUT2D eigenvalue weighted by atomic mass is 9.93. The largest absolute Gasteiger partial charge is 0.371 e. The minimum atomic E-state index is 0.145. The van der Waals surface area contributed by atoms with Crippen molar-refractivity contribution in [2.75, 3.05) is 51.7 Å². The van der Waals surface area contributed by atoms with Crippen LogP contribution in [0.2, 0.25) is 5.02 Å². The molecule has 2 saturated heterocycles. The molecule has 2 fully saturated rings. The maximum absolute atomic E-state index is 11.6. The van der Waals surface area contributed by atoms with E-state index in [0.717, 1.165) is 56.5 Å². The second-order valence-electron chi connectivity index (χ2n) is 8.27. The number of piperidine rings is 1. The highest BCUT2D eigenvalue weighted by Gasteiger charge is 2.26. The van der Waals surface area contributed by atoms with Crippen LogP contribution in [0.15, 0.2) is 23.2 Å². The third-order valence-electron chi connectivity index (χ3n) is 6.23. The highest BCUT2D eigenvalue weighted by atomic mass is 35.5. The summed E-state index contributed by atoms with van der Waals surface area (Å²) in [6.07, 6.45) is 3.89. The van der Waals surface area contributed by atoms with Gasteiger partial charge in [0.15, 0.2) is 5.96 Å². The molecule has 2 heterocycles. The summed E-state index contributed by atoms with van der Waals surface area (Å²) in [7, 11) is 3.57. The molecule has 6 nitrogen and oxygen atoms in total. The van der Waals surface area contributed by atoms with Gasteiger partial charge in [0.25, 0.3) is 0 Å². The molecule has 2 aliphatic heterocycles. The predicted molar refractivity (Wildman–Crippen MR) is 121 cm³/mol. The number of rotatable bonds is 5. The monoisotopic (exact) mass is 419 g/mol. The molecule has 1 aromatic rings. The summed E-state index contributed by atoms with van der Waals surface area (Å²) in [5, 5.41) is 7.12. The first-order valence-electron chi connectivity index (χ1n) is 10.7. The molecular weight excluding hydrogens is 386 g/mol. The van der Waals surface area contributed by atoms with E-state index < -0.39 is 0 Å². The maximum atomic E-state index is 11.6. The summed E-state index contributed by atoms with van der Waals surface area (Å²) in [5.41, 5.74) is 2.53. The van der Waals surface area contributed by atoms with Crippen molar-refractivity contribution >= 4 is 29.2 Å². The van der Waals surface area contributed by atoms with Crippen LogP contribution in [0.3, 0.4) is 0 Å². The first-order chi connectivity index (χ1) is 14.0. The smallest absolute Gasteiger partial charge is 0.220 e. The van der Waals surface area contributed by atoms with Crippen molar-refractivity contribution in [3.05, 3.63) is 28.8 Å². The number of aliphatic imine (C=N–C) groups is 1. The van der Waals surface area contributed by atoms with Crippen LogP contribution in [0, 0.1) is 18.8 Å². The van der Waals surface area contributed by atoms with Gasteiger partial charge >= 0.3 is 0 Å². The molecule has 160 valence electrons. The Kier molecular flexibility index (Phi) is 7.64. The highest BCUT2D eigenvalue weighted by molar-refractivity contribution is 6.30. The zero-order valence-electron chi connectivity index (χ0n) is 17.9. The predicted octanol–water partition coefficient (Wildman–Crippen LogP) is 2.90. The molecule has 29 heavy (non-hydrogen) atoms. The Morgan fingerprint density at radius 2 is 1.93 bits per heavy atom. The van der Waals surface area contributed by atoms with E-state index in [1.165, 1.54) is 17.7 Å². The Morgan fingerprint density at radius 3 is 2.62 bits per heavy atom. The third-order valence-corrected chi connectivity index (χ3v) is 6.46. The zero-order chi connectivity index (χ0) is 20.8. The van der Waals surface area contributed by atoms with Gasteiger partial charge in [-0.3, -0.25) is 9.79 Å². The molecule has 2 aliphatic rings. The van der Waals surface area contributed by atoms with E-state index in [4.69, 9.17) is 11.6 Å². The van der Waals surface area contributed by atoms with Crippen LogP contribution >= 0.6 is 11.6 Å². The first kappa shape index (κ1) is 21.8. The van der Waals surface area contributed by atoms with Gasteiger partial charge in [0.05, 0.1) is 0 Å². The first-order valence-corrected chi connectivity index (χ1v) is 11.0. The number of carbonyl (C=O) groups is 1. The van der Waals surface area contributed by atoms with Crippen LogP contribution < -0.4 is 15.5 Å². The van der Waals surface area contributed by atoms with Crippen LogP contribution in [-0.2, 0) is 4.79 Å². The summed E-state index contributed by atoms with van der Waals surface area (Å²) in [5.74, 6) is 2.21. The molecule has 2 N–H and O–H groups in total. The Bertz CT molecular complexity index is 730. The van der Waals surface area contributed by atoms with Crippen molar-refractivity contribution < 1.29 is 4.79 Å². The summed E-state index contributed by atoms with van der Waals surface area (Å²) in [6.45, 7) is 7.10. The lowest BCUT2D eigenvalue weighted by Crippen LogP contribution is -2.47. The van der Waals surface area contributed by atoms with Crippen molar-refractivity contribution in [1.82, 2.24) is 15.5 Å². The number of likely N-dealkylation sites (tertiary alicyclic amines) is 1. The van der Waals surface area contributed by atoms with Crippen LogP contribution in [0.25, 0.3) is 0 Å². The van der Waals surface area contributed by atoms with Crippen molar-refractivity contribution in [3.8, 4) is 0 Å². The third kappa shape index (κ3) is 5.78. The van der Waals surface area contributed by atoms with E-state index in [1.54, 1.807) is 7.05 Å². The molecule has 0 aromatic heterocycles. The van der Waals surface area contributed by atoms with Gasteiger partial charge in [-0.05, 0) is 55.7 Å². The minimum Gasteiger partial charge on any atom is -0.371 e. The fourth-order valence-electron chi connectivity index (χ4n) is 4.42. The number of hydrogen-bond donors (Lipinski definition) is 2. The van der Waals surface area contributed by atoms with Crippen molar-refractivity contribution in [3.63, 3.8) is 0 Å². The second-order valence-corrected chi connectivity index (χ2v) is 8.70. The lowest BCUT2D eigenvalue weighted by molar-refractivity contribution is -0.121. The number of amides is 1. The number of nitrogens with one attached hydrogen (secondary N) is 2. The number of anilines is 1. The van der Waals surface area contributed by atoms with Crippen molar-refractivity contribution in [2.45, 2.75) is 32.6 Å². The number of benzene rings is 1. The molecule has 1 aromatic carbocycles. The fourth-order valence-corrected chi connectivity index (χ4v) is 4.59. The number of hydrogen-bond acceptors (Lipinski definition) is 3. The number of halogens is 1. The van der Waals surface area contributed by atoms with E-state index in [-0.39, 0.29) is 5.91 Å². The molecule has 0 spiro atoms. The van der Waals surface area contributed by atoms with Crippen LogP contribution in [-0.4, -0.2) is 63.6 Å². The van der Waals surface area contributed by atoms with Crippen LogP contribution in [0.4, 0.5) is 5.69 Å². The molecule has 1 amide bonds. The van der Waals surface area contributed by atoms with E-state index in [0.29, 0.717) is 18.3 Å². The van der Waals surface area contributed by atoms with Gasteiger partial charge in [-0.15, -0.1) is 0 Å². The van der Waals surface area contributed by atoms with E-state index >= 15 is 0 Å². The Hall–Kier alpha value is -1.95. The molecule has 0 saturated carbocycles. The lowest BCUT2D eigenvalue weighted by Gasteiger charge is -2.34. The van der Waals surface area contributed by atoms with Gasteiger partial charge in [-0.2, -0.15) is 0 Å². The van der Waals surface area contributed by atoms with Gasteiger partial charge in [-0.1, -0.05) is 17.7 Å². The van der Waals surface area contributed by atoms with Gasteiger partial charge in [0.2, 0.25) is 5.91 Å². The molecule has 1 atom stereocenters. The molecular formula is C22H34ClN5O. The Morgan fingerprint density at radius 1 is 1.21 bits per heavy atom. The molecule has 0 radical (unpaired) electrons. The van der Waals surface area contributed by atoms with E-state index in [2.05, 4.69) is 44.5 Å². The van der Waals surface area contributed by atoms with Crippen LogP contribution in [0.5, 0.6) is 0 Å². The highest BCUT2D eigenvalue weighted by Crippen LogP contribution is 2.29. The van der Waals surface area contributed by atoms with Gasteiger partial charge in [0, 0.05) is 63.9 Å². The van der Waals surface area contributed by atoms with Gasteiger partial charge < -0.3 is 20.4 Å². The number of nitrogens with zero attached hydrogens (tertiary/aromatic N) is 3. The quantitative estimate of drug-likeness (QED) is 0.569. The summed E-state index contributed by atoms with van der Waals surface area (Å²) in [6, 6.07) is 6.13. The number of aryl methyl sites for hydroxylation is 1. The molecule has 0 aliphatic carbocycles. The summed E-state index contributed by atoms with van der Waals surface area (Å²) < 4.78 is 0. The normalized spacial score (nSPS) is 20.8. The average molecular weight is 420 g/mol. The van der Waals surface area contributed by atoms with E-state index in [9.17, 15) is 4.79 Å². The van der Waals surface area contributed by atoms with Gasteiger partial charge in [0.1, 0.15) is 0 Å². The zero-order valence-corrected chi connectivity index (χ0v) is 18.6. The maximum Gasteiger partial charge on any atom is 0.220 e. The standard InChI is InChI=1S/C22H34ClN5O/c1-16-4-5-19(23)13-20(16)28-11-8-18(15-28)14-26-22(25-3)27-9-6-17(7-10-27)12-21(29)24-2/h4-5,13,17-18H,6-12,14-15H2,1-3H3,(H,24,29)(H,25,26). The van der Waals surface area contributed by atoms with Crippen LogP contribution in [0.1, 0.15) is 31.2 Å². The summed E-state index contributed by atoms with van der Waals surface area (Å²) in [4.78, 5) is 20.9. The number of guanidine groups is 1. The Balaban J connectivity index is 1.46. The van der Waals surface area contributed by atoms with Gasteiger partial charge in [-0.25, -0.2) is 0 Å². The topological polar surface area (TPSA) is 60.0 Å². The molecule has 1 unspecified atom stereocenters. The second kappa shape index (κ2) is 10.2. The fraction of sp³-hybridized carbons (Fsp3) is 0.636. The number of carbonyl (C=O) groups excluding carboxylic acids is 1. The molecule has 0 bridgehead atoms. The minimum absolute atomic E-state index is 0.145. The van der Waals surface area contributed by atoms with Crippen molar-refractivity contribution in [1.29, 1.82) is 0 Å². The van der Waals surface area contributed by atoms with Crippen molar-refractivity contribution in [2.24, 2.45) is 16.8 Å². The van der Waals surface area contributed by atoms with E-state index in [1.807, 2.05) is 13.1 Å². The molecule has 7 heteroatoms.